The van der Waals surface area contributed by atoms with Crippen LogP contribution in [0.5, 0.6) is 5.75 Å². The molecule has 0 saturated carbocycles. The fraction of sp³-hybridized carbons (Fsp3) is 0.533. The number of carbonyl (C=O) groups excluding carboxylic acids is 1. The van der Waals surface area contributed by atoms with Crippen LogP contribution >= 0.6 is 0 Å². The summed E-state index contributed by atoms with van der Waals surface area (Å²) >= 11 is 0. The highest BCUT2D eigenvalue weighted by atomic mass is 16.5. The SMILES string of the molecule is CCOC(=O)C(C)CCCc1ccc(OC)cc1. The molecule has 0 aliphatic heterocycles. The van der Waals surface area contributed by atoms with Crippen molar-refractivity contribution >= 4 is 5.97 Å². The summed E-state index contributed by atoms with van der Waals surface area (Å²) in [6.07, 6.45) is 2.84. The van der Waals surface area contributed by atoms with E-state index in [1.807, 2.05) is 26.0 Å². The Morgan fingerprint density at radius 3 is 2.50 bits per heavy atom. The molecule has 0 fully saturated rings. The number of rotatable bonds is 7. The van der Waals surface area contributed by atoms with E-state index in [9.17, 15) is 4.79 Å². The summed E-state index contributed by atoms with van der Waals surface area (Å²) in [5, 5.41) is 0. The van der Waals surface area contributed by atoms with Crippen molar-refractivity contribution in [2.24, 2.45) is 5.92 Å². The van der Waals surface area contributed by atoms with Crippen LogP contribution in [0.3, 0.4) is 0 Å². The Labute approximate surface area is 109 Å². The van der Waals surface area contributed by atoms with Crippen LogP contribution in [0.25, 0.3) is 0 Å². The molecule has 0 radical (unpaired) electrons. The van der Waals surface area contributed by atoms with Gasteiger partial charge in [0.05, 0.1) is 19.6 Å². The van der Waals surface area contributed by atoms with Crippen LogP contribution in [0.15, 0.2) is 24.3 Å². The Hall–Kier alpha value is -1.51. The molecule has 1 aromatic carbocycles. The smallest absolute Gasteiger partial charge is 0.308 e. The van der Waals surface area contributed by atoms with E-state index < -0.39 is 0 Å². The molecule has 1 atom stereocenters. The largest absolute Gasteiger partial charge is 0.497 e. The van der Waals surface area contributed by atoms with E-state index in [2.05, 4.69) is 12.1 Å². The summed E-state index contributed by atoms with van der Waals surface area (Å²) in [5.74, 6) is 0.772. The van der Waals surface area contributed by atoms with Crippen LogP contribution in [-0.2, 0) is 16.0 Å². The molecule has 0 heterocycles. The van der Waals surface area contributed by atoms with E-state index in [0.29, 0.717) is 6.61 Å². The first kappa shape index (κ1) is 14.6. The second kappa shape index (κ2) is 7.75. The molecule has 1 unspecified atom stereocenters. The molecule has 0 N–H and O–H groups in total. The number of hydrogen-bond acceptors (Lipinski definition) is 3. The zero-order chi connectivity index (χ0) is 13.4. The molecule has 3 heteroatoms. The maximum atomic E-state index is 11.4. The lowest BCUT2D eigenvalue weighted by Gasteiger charge is -2.10. The fourth-order valence-electron chi connectivity index (χ4n) is 1.81. The van der Waals surface area contributed by atoms with Crippen LogP contribution in [0.1, 0.15) is 32.3 Å². The number of aryl methyl sites for hydroxylation is 1. The van der Waals surface area contributed by atoms with Gasteiger partial charge in [-0.25, -0.2) is 0 Å². The van der Waals surface area contributed by atoms with Crippen molar-refractivity contribution in [2.45, 2.75) is 33.1 Å². The molecule has 3 nitrogen and oxygen atoms in total. The number of esters is 1. The third-order valence-electron chi connectivity index (χ3n) is 2.95. The number of hydrogen-bond donors (Lipinski definition) is 0. The number of methoxy groups -OCH3 is 1. The molecule has 0 spiro atoms. The normalized spacial score (nSPS) is 11.9. The van der Waals surface area contributed by atoms with Gasteiger partial charge in [-0.05, 0) is 43.9 Å². The standard InChI is InChI=1S/C15H22O3/c1-4-18-15(16)12(2)6-5-7-13-8-10-14(17-3)11-9-13/h8-12H,4-7H2,1-3H3. The summed E-state index contributed by atoms with van der Waals surface area (Å²) < 4.78 is 10.1. The Kier molecular flexibility index (Phi) is 6.26. The predicted octanol–water partition coefficient (Wildman–Crippen LogP) is 3.22. The maximum absolute atomic E-state index is 11.4. The van der Waals surface area contributed by atoms with Gasteiger partial charge in [0, 0.05) is 0 Å². The van der Waals surface area contributed by atoms with Crippen molar-refractivity contribution in [2.75, 3.05) is 13.7 Å². The van der Waals surface area contributed by atoms with Crippen molar-refractivity contribution < 1.29 is 14.3 Å². The Morgan fingerprint density at radius 2 is 1.94 bits per heavy atom. The first-order valence-electron chi connectivity index (χ1n) is 6.47. The second-order valence-electron chi connectivity index (χ2n) is 4.39. The van der Waals surface area contributed by atoms with Crippen LogP contribution in [-0.4, -0.2) is 19.7 Å². The van der Waals surface area contributed by atoms with Crippen molar-refractivity contribution in [3.05, 3.63) is 29.8 Å². The Bertz CT molecular complexity index is 357. The molecule has 0 aliphatic rings. The quantitative estimate of drug-likeness (QED) is 0.697. The maximum Gasteiger partial charge on any atom is 0.308 e. The lowest BCUT2D eigenvalue weighted by molar-refractivity contribution is -0.147. The van der Waals surface area contributed by atoms with E-state index in [0.717, 1.165) is 25.0 Å². The summed E-state index contributed by atoms with van der Waals surface area (Å²) in [7, 11) is 1.66. The molecule has 0 bridgehead atoms. The van der Waals surface area contributed by atoms with Gasteiger partial charge in [-0.15, -0.1) is 0 Å². The average molecular weight is 250 g/mol. The molecule has 1 aromatic rings. The molecular formula is C15H22O3. The Balaban J connectivity index is 2.30. The van der Waals surface area contributed by atoms with Gasteiger partial charge >= 0.3 is 5.97 Å². The lowest BCUT2D eigenvalue weighted by Crippen LogP contribution is -2.14. The molecular weight excluding hydrogens is 228 g/mol. The van der Waals surface area contributed by atoms with E-state index in [1.54, 1.807) is 7.11 Å². The minimum atomic E-state index is -0.0905. The summed E-state index contributed by atoms with van der Waals surface area (Å²) in [5.41, 5.74) is 1.27. The van der Waals surface area contributed by atoms with E-state index in [4.69, 9.17) is 9.47 Å². The zero-order valence-electron chi connectivity index (χ0n) is 11.4. The van der Waals surface area contributed by atoms with Crippen molar-refractivity contribution in [3.8, 4) is 5.75 Å². The number of ether oxygens (including phenoxy) is 2. The van der Waals surface area contributed by atoms with E-state index in [-0.39, 0.29) is 11.9 Å². The van der Waals surface area contributed by atoms with Gasteiger partial charge in [-0.2, -0.15) is 0 Å². The second-order valence-corrected chi connectivity index (χ2v) is 4.39. The lowest BCUT2D eigenvalue weighted by atomic mass is 10.0. The highest BCUT2D eigenvalue weighted by Gasteiger charge is 2.12. The minimum absolute atomic E-state index is 0.0109. The Morgan fingerprint density at radius 1 is 1.28 bits per heavy atom. The molecule has 18 heavy (non-hydrogen) atoms. The zero-order valence-corrected chi connectivity index (χ0v) is 11.4. The predicted molar refractivity (Wildman–Crippen MR) is 71.7 cm³/mol. The van der Waals surface area contributed by atoms with Crippen LogP contribution in [0.2, 0.25) is 0 Å². The first-order valence-corrected chi connectivity index (χ1v) is 6.47. The fourth-order valence-corrected chi connectivity index (χ4v) is 1.81. The van der Waals surface area contributed by atoms with Gasteiger partial charge in [-0.1, -0.05) is 19.1 Å². The van der Waals surface area contributed by atoms with Gasteiger partial charge < -0.3 is 9.47 Å². The molecule has 0 saturated heterocycles. The van der Waals surface area contributed by atoms with Gasteiger partial charge in [-0.3, -0.25) is 4.79 Å². The summed E-state index contributed by atoms with van der Waals surface area (Å²) in [4.78, 5) is 11.4. The number of benzene rings is 1. The molecule has 0 aliphatic carbocycles. The monoisotopic (exact) mass is 250 g/mol. The molecule has 1 rings (SSSR count). The molecule has 0 aromatic heterocycles. The third kappa shape index (κ3) is 4.78. The van der Waals surface area contributed by atoms with E-state index in [1.165, 1.54) is 5.56 Å². The van der Waals surface area contributed by atoms with Gasteiger partial charge in [0.2, 0.25) is 0 Å². The van der Waals surface area contributed by atoms with Crippen LogP contribution in [0, 0.1) is 5.92 Å². The third-order valence-corrected chi connectivity index (χ3v) is 2.95. The van der Waals surface area contributed by atoms with Gasteiger partial charge in [0.15, 0.2) is 0 Å². The first-order chi connectivity index (χ1) is 8.67. The van der Waals surface area contributed by atoms with Crippen molar-refractivity contribution in [1.82, 2.24) is 0 Å². The highest BCUT2D eigenvalue weighted by Crippen LogP contribution is 2.15. The molecule has 100 valence electrons. The molecule has 0 amide bonds. The van der Waals surface area contributed by atoms with Crippen LogP contribution < -0.4 is 4.74 Å². The topological polar surface area (TPSA) is 35.5 Å². The van der Waals surface area contributed by atoms with Crippen molar-refractivity contribution in [3.63, 3.8) is 0 Å². The number of carbonyl (C=O) groups is 1. The average Bonchev–Trinajstić information content (AvgIpc) is 2.39. The summed E-state index contributed by atoms with van der Waals surface area (Å²) in [6.45, 7) is 4.22. The summed E-state index contributed by atoms with van der Waals surface area (Å²) in [6, 6.07) is 8.05. The van der Waals surface area contributed by atoms with Gasteiger partial charge in [0.25, 0.3) is 0 Å². The van der Waals surface area contributed by atoms with E-state index >= 15 is 0 Å². The van der Waals surface area contributed by atoms with Crippen LogP contribution in [0.4, 0.5) is 0 Å². The van der Waals surface area contributed by atoms with Gasteiger partial charge in [0.1, 0.15) is 5.75 Å². The minimum Gasteiger partial charge on any atom is -0.497 e. The van der Waals surface area contributed by atoms with Crippen molar-refractivity contribution in [1.29, 1.82) is 0 Å². The highest BCUT2D eigenvalue weighted by molar-refractivity contribution is 5.71.